The van der Waals surface area contributed by atoms with Gasteiger partial charge in [-0.25, -0.2) is 8.42 Å². The second-order valence-corrected chi connectivity index (χ2v) is 8.45. The molecular weight excluding hydrogens is 405 g/mol. The van der Waals surface area contributed by atoms with E-state index in [2.05, 4.69) is 21.2 Å². The van der Waals surface area contributed by atoms with E-state index in [1.165, 1.54) is 12.1 Å². The highest BCUT2D eigenvalue weighted by atomic mass is 79.9. The number of hydrogen-bond acceptors (Lipinski definition) is 4. The quantitative estimate of drug-likeness (QED) is 0.723. The number of carbonyl (C=O) groups is 1. The van der Waals surface area contributed by atoms with Crippen LogP contribution in [0.15, 0.2) is 21.5 Å². The third kappa shape index (κ3) is 5.02. The fraction of sp³-hybridized carbons (Fsp3) is 0.417. The van der Waals surface area contributed by atoms with Crippen LogP contribution in [0.4, 0.5) is 0 Å². The van der Waals surface area contributed by atoms with Crippen LogP contribution in [0.25, 0.3) is 0 Å². The Hall–Kier alpha value is -0.500. The number of hydrogen-bond donors (Lipinski definition) is 1. The van der Waals surface area contributed by atoms with E-state index in [4.69, 9.17) is 27.0 Å². The molecule has 9 heteroatoms. The van der Waals surface area contributed by atoms with E-state index < -0.39 is 9.05 Å². The van der Waals surface area contributed by atoms with Gasteiger partial charge in [-0.1, -0.05) is 27.5 Å². The molecule has 1 amide bonds. The van der Waals surface area contributed by atoms with Gasteiger partial charge in [0.2, 0.25) is 5.91 Å². The average Bonchev–Trinajstić information content (AvgIpc) is 3.13. The lowest BCUT2D eigenvalue weighted by molar-refractivity contribution is -0.121. The Morgan fingerprint density at radius 1 is 1.43 bits per heavy atom. The predicted molar refractivity (Wildman–Crippen MR) is 83.5 cm³/mol. The lowest BCUT2D eigenvalue weighted by Gasteiger charge is -2.12. The molecule has 0 heterocycles. The van der Waals surface area contributed by atoms with Crippen molar-refractivity contribution in [2.24, 2.45) is 0 Å². The van der Waals surface area contributed by atoms with Crippen LogP contribution in [0.2, 0.25) is 5.02 Å². The molecule has 0 spiro atoms. The largest absolute Gasteiger partial charge is 0.490 e. The highest BCUT2D eigenvalue weighted by Gasteiger charge is 2.24. The van der Waals surface area contributed by atoms with Crippen LogP contribution in [0, 0.1) is 0 Å². The van der Waals surface area contributed by atoms with Crippen molar-refractivity contribution >= 4 is 53.2 Å². The lowest BCUT2D eigenvalue weighted by atomic mass is 10.3. The van der Waals surface area contributed by atoms with Crippen molar-refractivity contribution in [3.05, 3.63) is 21.6 Å². The molecular formula is C12H12BrCl2NO4S. The van der Waals surface area contributed by atoms with Gasteiger partial charge in [-0.3, -0.25) is 4.79 Å². The van der Waals surface area contributed by atoms with Crippen molar-refractivity contribution in [3.63, 3.8) is 0 Å². The zero-order chi connectivity index (χ0) is 15.6. The number of ether oxygens (including phenoxy) is 1. The van der Waals surface area contributed by atoms with Gasteiger partial charge in [0, 0.05) is 21.2 Å². The Morgan fingerprint density at radius 3 is 2.67 bits per heavy atom. The number of halogens is 3. The molecule has 1 saturated carbocycles. The number of carbonyl (C=O) groups excluding carboxylic acids is 1. The van der Waals surface area contributed by atoms with Crippen LogP contribution in [0.5, 0.6) is 5.75 Å². The molecule has 0 radical (unpaired) electrons. The Morgan fingerprint density at radius 2 is 2.10 bits per heavy atom. The van der Waals surface area contributed by atoms with E-state index in [1.807, 2.05) is 0 Å². The van der Waals surface area contributed by atoms with Gasteiger partial charge < -0.3 is 10.1 Å². The summed E-state index contributed by atoms with van der Waals surface area (Å²) in [6, 6.07) is 3.06. The second kappa shape index (κ2) is 6.73. The minimum Gasteiger partial charge on any atom is -0.490 e. The van der Waals surface area contributed by atoms with Gasteiger partial charge in [0.25, 0.3) is 9.05 Å². The molecule has 1 aromatic rings. The molecule has 0 unspecified atom stereocenters. The zero-order valence-electron chi connectivity index (χ0n) is 10.7. The fourth-order valence-electron chi connectivity index (χ4n) is 1.63. The molecule has 1 aliphatic rings. The van der Waals surface area contributed by atoms with Gasteiger partial charge in [0.1, 0.15) is 4.90 Å². The molecule has 1 N–H and O–H groups in total. The minimum atomic E-state index is -4.01. The van der Waals surface area contributed by atoms with E-state index >= 15 is 0 Å². The molecule has 1 aromatic carbocycles. The maximum Gasteiger partial charge on any atom is 0.265 e. The van der Waals surface area contributed by atoms with Gasteiger partial charge >= 0.3 is 0 Å². The summed E-state index contributed by atoms with van der Waals surface area (Å²) in [7, 11) is 1.35. The van der Waals surface area contributed by atoms with Crippen molar-refractivity contribution in [2.75, 3.05) is 6.61 Å². The summed E-state index contributed by atoms with van der Waals surface area (Å²) in [6.45, 7) is 0.0132. The summed E-state index contributed by atoms with van der Waals surface area (Å²) >= 11 is 9.11. The molecule has 1 fully saturated rings. The highest BCUT2D eigenvalue weighted by molar-refractivity contribution is 9.10. The number of nitrogens with one attached hydrogen (secondary N) is 1. The molecule has 0 bridgehead atoms. The summed E-state index contributed by atoms with van der Waals surface area (Å²) in [5, 5.41) is 2.91. The maximum absolute atomic E-state index is 11.5. The van der Waals surface area contributed by atoms with Gasteiger partial charge in [0.15, 0.2) is 5.75 Å². The monoisotopic (exact) mass is 415 g/mol. The predicted octanol–water partition coefficient (Wildman–Crippen LogP) is 3.08. The molecule has 0 aliphatic heterocycles. The smallest absolute Gasteiger partial charge is 0.265 e. The SMILES string of the molecule is O=C(CCOc1c(Cl)cc(Br)cc1S(=O)(=O)Cl)NC1CC1. The number of benzene rings is 1. The van der Waals surface area contributed by atoms with Crippen LogP contribution >= 0.6 is 38.2 Å². The third-order valence-electron chi connectivity index (χ3n) is 2.75. The molecule has 0 aromatic heterocycles. The first kappa shape index (κ1) is 16.9. The average molecular weight is 417 g/mol. The highest BCUT2D eigenvalue weighted by Crippen LogP contribution is 2.37. The maximum atomic E-state index is 11.5. The third-order valence-corrected chi connectivity index (χ3v) is 4.82. The van der Waals surface area contributed by atoms with E-state index in [0.29, 0.717) is 4.47 Å². The topological polar surface area (TPSA) is 72.5 Å². The first-order valence-electron chi connectivity index (χ1n) is 6.13. The van der Waals surface area contributed by atoms with Gasteiger partial charge in [-0.05, 0) is 25.0 Å². The molecule has 1 aliphatic carbocycles. The lowest BCUT2D eigenvalue weighted by Crippen LogP contribution is -2.26. The van der Waals surface area contributed by atoms with Crippen LogP contribution in [-0.2, 0) is 13.8 Å². The number of amides is 1. The zero-order valence-corrected chi connectivity index (χ0v) is 14.6. The van der Waals surface area contributed by atoms with Crippen LogP contribution in [-0.4, -0.2) is 27.0 Å². The molecule has 21 heavy (non-hydrogen) atoms. The van der Waals surface area contributed by atoms with Crippen molar-refractivity contribution in [3.8, 4) is 5.75 Å². The molecule has 0 saturated heterocycles. The standard InChI is InChI=1S/C12H12BrCl2NO4S/c13-7-5-9(14)12(10(6-7)21(15,18)19)20-4-3-11(17)16-8-1-2-8/h5-6,8H,1-4H2,(H,16,17). The summed E-state index contributed by atoms with van der Waals surface area (Å²) in [5.41, 5.74) is 0. The van der Waals surface area contributed by atoms with E-state index in [0.717, 1.165) is 12.8 Å². The van der Waals surface area contributed by atoms with E-state index in [1.54, 1.807) is 0 Å². The van der Waals surface area contributed by atoms with E-state index in [9.17, 15) is 13.2 Å². The van der Waals surface area contributed by atoms with Crippen molar-refractivity contribution < 1.29 is 17.9 Å². The van der Waals surface area contributed by atoms with Gasteiger partial charge in [0.05, 0.1) is 18.1 Å². The summed E-state index contributed by atoms with van der Waals surface area (Å²) in [6.07, 6.45) is 2.12. The van der Waals surface area contributed by atoms with Gasteiger partial charge in [-0.15, -0.1) is 0 Å². The van der Waals surface area contributed by atoms with Crippen molar-refractivity contribution in [2.45, 2.75) is 30.2 Å². The molecule has 2 rings (SSSR count). The summed E-state index contributed by atoms with van der Waals surface area (Å²) in [4.78, 5) is 11.3. The van der Waals surface area contributed by atoms with E-state index in [-0.39, 0.29) is 40.6 Å². The van der Waals surface area contributed by atoms with Crippen molar-refractivity contribution in [1.29, 1.82) is 0 Å². The molecule has 0 atom stereocenters. The minimum absolute atomic E-state index is 0.0132. The Labute approximate surface area is 140 Å². The van der Waals surface area contributed by atoms with Crippen LogP contribution in [0.3, 0.4) is 0 Å². The summed E-state index contributed by atoms with van der Waals surface area (Å²) < 4.78 is 28.9. The Balaban J connectivity index is 2.06. The molecule has 116 valence electrons. The van der Waals surface area contributed by atoms with Crippen molar-refractivity contribution in [1.82, 2.24) is 5.32 Å². The Bertz CT molecular complexity index is 661. The summed E-state index contributed by atoms with van der Waals surface area (Å²) in [5.74, 6) is -0.185. The molecule has 5 nitrogen and oxygen atoms in total. The first-order chi connectivity index (χ1) is 9.77. The Kier molecular flexibility index (Phi) is 5.40. The second-order valence-electron chi connectivity index (χ2n) is 4.59. The van der Waals surface area contributed by atoms with Crippen LogP contribution in [0.1, 0.15) is 19.3 Å². The van der Waals surface area contributed by atoms with Crippen LogP contribution < -0.4 is 10.1 Å². The normalized spacial score (nSPS) is 14.8. The van der Waals surface area contributed by atoms with Gasteiger partial charge in [-0.2, -0.15) is 0 Å². The first-order valence-corrected chi connectivity index (χ1v) is 9.61. The fourth-order valence-corrected chi connectivity index (χ4v) is 3.70. The number of rotatable bonds is 6.